The lowest BCUT2D eigenvalue weighted by Gasteiger charge is -2.34. The highest BCUT2D eigenvalue weighted by atomic mass is 19.1. The molecule has 0 spiro atoms. The third-order valence-electron chi connectivity index (χ3n) is 7.24. The van der Waals surface area contributed by atoms with Gasteiger partial charge in [0.25, 0.3) is 11.8 Å². The fourth-order valence-corrected chi connectivity index (χ4v) is 5.27. The first-order valence-electron chi connectivity index (χ1n) is 13.0. The van der Waals surface area contributed by atoms with Crippen LogP contribution in [0.2, 0.25) is 0 Å². The van der Waals surface area contributed by atoms with E-state index >= 15 is 0 Å². The molecule has 0 aromatic heterocycles. The van der Waals surface area contributed by atoms with Gasteiger partial charge >= 0.3 is 12.0 Å². The maximum absolute atomic E-state index is 13.9. The SMILES string of the molecule is Cc1ccc(NC(=O)N2CCN(C(=O)c3cccc(F)c3)C2C(=O)NC(CC(=O)O)C2CCCCC2)cc1. The lowest BCUT2D eigenvalue weighted by molar-refractivity contribution is -0.138. The Labute approximate surface area is 221 Å². The predicted octanol–water partition coefficient (Wildman–Crippen LogP) is 3.99. The van der Waals surface area contributed by atoms with E-state index in [4.69, 9.17) is 0 Å². The van der Waals surface area contributed by atoms with E-state index in [1.807, 2.05) is 19.1 Å². The van der Waals surface area contributed by atoms with E-state index in [9.17, 15) is 28.7 Å². The summed E-state index contributed by atoms with van der Waals surface area (Å²) in [6.07, 6.45) is 2.99. The number of rotatable bonds is 7. The van der Waals surface area contributed by atoms with Gasteiger partial charge in [-0.2, -0.15) is 0 Å². The van der Waals surface area contributed by atoms with Crippen LogP contribution in [-0.4, -0.2) is 64.0 Å². The maximum Gasteiger partial charge on any atom is 0.323 e. The molecule has 1 saturated carbocycles. The number of halogens is 1. The van der Waals surface area contributed by atoms with Crippen molar-refractivity contribution in [3.8, 4) is 0 Å². The van der Waals surface area contributed by atoms with E-state index in [1.54, 1.807) is 12.1 Å². The summed E-state index contributed by atoms with van der Waals surface area (Å²) in [6.45, 7) is 2.05. The molecule has 202 valence electrons. The van der Waals surface area contributed by atoms with Crippen LogP contribution in [0.3, 0.4) is 0 Å². The summed E-state index contributed by atoms with van der Waals surface area (Å²) in [4.78, 5) is 54.5. The Hall–Kier alpha value is -3.95. The largest absolute Gasteiger partial charge is 0.481 e. The van der Waals surface area contributed by atoms with Crippen LogP contribution in [0.25, 0.3) is 0 Å². The smallest absolute Gasteiger partial charge is 0.323 e. The van der Waals surface area contributed by atoms with Gasteiger partial charge in [-0.1, -0.05) is 43.0 Å². The third kappa shape index (κ3) is 6.48. The number of urea groups is 1. The van der Waals surface area contributed by atoms with Gasteiger partial charge in [0.05, 0.1) is 6.42 Å². The van der Waals surface area contributed by atoms with Gasteiger partial charge in [-0.15, -0.1) is 0 Å². The highest BCUT2D eigenvalue weighted by Gasteiger charge is 2.44. The number of nitrogens with one attached hydrogen (secondary N) is 2. The van der Waals surface area contributed by atoms with E-state index in [2.05, 4.69) is 10.6 Å². The van der Waals surface area contributed by atoms with Crippen molar-refractivity contribution >= 4 is 29.5 Å². The number of aliphatic carboxylic acids is 1. The average molecular weight is 525 g/mol. The van der Waals surface area contributed by atoms with Crippen LogP contribution in [0.5, 0.6) is 0 Å². The van der Waals surface area contributed by atoms with Gasteiger partial charge in [0.15, 0.2) is 6.17 Å². The van der Waals surface area contributed by atoms with Crippen molar-refractivity contribution in [1.29, 1.82) is 0 Å². The maximum atomic E-state index is 13.9. The number of nitrogens with zero attached hydrogens (tertiary/aromatic N) is 2. The summed E-state index contributed by atoms with van der Waals surface area (Å²) in [5.74, 6) is -2.86. The van der Waals surface area contributed by atoms with Crippen molar-refractivity contribution in [2.24, 2.45) is 5.92 Å². The molecule has 4 rings (SSSR count). The molecule has 4 amide bonds. The highest BCUT2D eigenvalue weighted by molar-refractivity contribution is 6.00. The van der Waals surface area contributed by atoms with Gasteiger partial charge in [-0.05, 0) is 56.0 Å². The second-order valence-electron chi connectivity index (χ2n) is 9.98. The van der Waals surface area contributed by atoms with Crippen molar-refractivity contribution in [2.75, 3.05) is 18.4 Å². The molecule has 1 aliphatic heterocycles. The lowest BCUT2D eigenvalue weighted by Crippen LogP contribution is -2.57. The normalized spacial score (nSPS) is 18.6. The number of amides is 4. The molecule has 2 aromatic carbocycles. The second kappa shape index (κ2) is 12.1. The molecule has 2 aliphatic rings. The second-order valence-corrected chi connectivity index (χ2v) is 9.98. The molecule has 38 heavy (non-hydrogen) atoms. The Morgan fingerprint density at radius 2 is 1.68 bits per heavy atom. The Morgan fingerprint density at radius 3 is 2.34 bits per heavy atom. The number of hydrogen-bond donors (Lipinski definition) is 3. The molecule has 2 unspecified atom stereocenters. The summed E-state index contributed by atoms with van der Waals surface area (Å²) >= 11 is 0. The minimum absolute atomic E-state index is 0.00703. The molecule has 0 radical (unpaired) electrons. The Kier molecular flexibility index (Phi) is 8.60. The van der Waals surface area contributed by atoms with Crippen molar-refractivity contribution in [3.63, 3.8) is 0 Å². The Bertz CT molecular complexity index is 1180. The third-order valence-corrected chi connectivity index (χ3v) is 7.24. The van der Waals surface area contributed by atoms with Gasteiger partial charge in [0, 0.05) is 30.4 Å². The van der Waals surface area contributed by atoms with E-state index in [-0.39, 0.29) is 31.0 Å². The average Bonchev–Trinajstić information content (AvgIpc) is 3.35. The van der Waals surface area contributed by atoms with Crippen molar-refractivity contribution < 1.29 is 28.7 Å². The van der Waals surface area contributed by atoms with Crippen LogP contribution >= 0.6 is 0 Å². The zero-order valence-electron chi connectivity index (χ0n) is 21.4. The molecular weight excluding hydrogens is 491 g/mol. The minimum atomic E-state index is -1.32. The van der Waals surface area contributed by atoms with Crippen LogP contribution in [0.15, 0.2) is 48.5 Å². The summed E-state index contributed by atoms with van der Waals surface area (Å²) in [5, 5.41) is 15.1. The Balaban J connectivity index is 1.60. The van der Waals surface area contributed by atoms with Crippen LogP contribution in [-0.2, 0) is 9.59 Å². The number of aryl methyl sites for hydroxylation is 1. The fourth-order valence-electron chi connectivity index (χ4n) is 5.27. The molecule has 2 atom stereocenters. The van der Waals surface area contributed by atoms with E-state index in [0.717, 1.165) is 43.7 Å². The van der Waals surface area contributed by atoms with Crippen molar-refractivity contribution in [1.82, 2.24) is 15.1 Å². The van der Waals surface area contributed by atoms with E-state index < -0.39 is 41.8 Å². The van der Waals surface area contributed by atoms with E-state index in [1.165, 1.54) is 28.0 Å². The molecule has 1 aliphatic carbocycles. The van der Waals surface area contributed by atoms with Gasteiger partial charge in [0.2, 0.25) is 0 Å². The lowest BCUT2D eigenvalue weighted by atomic mass is 9.82. The molecule has 3 N–H and O–H groups in total. The number of carboxylic acid groups (broad SMARTS) is 1. The number of carbonyl (C=O) groups is 4. The minimum Gasteiger partial charge on any atom is -0.481 e. The van der Waals surface area contributed by atoms with Crippen LogP contribution in [0.1, 0.15) is 54.4 Å². The molecule has 2 fully saturated rings. The summed E-state index contributed by atoms with van der Waals surface area (Å²) in [6, 6.07) is 11.1. The highest BCUT2D eigenvalue weighted by Crippen LogP contribution is 2.29. The van der Waals surface area contributed by atoms with Crippen LogP contribution in [0.4, 0.5) is 14.9 Å². The quantitative estimate of drug-likeness (QED) is 0.506. The topological polar surface area (TPSA) is 119 Å². The summed E-state index contributed by atoms with van der Waals surface area (Å²) in [5.41, 5.74) is 1.60. The fraction of sp³-hybridized carbons (Fsp3) is 0.429. The van der Waals surface area contributed by atoms with Crippen LogP contribution in [0, 0.1) is 18.7 Å². The van der Waals surface area contributed by atoms with Crippen molar-refractivity contribution in [3.05, 3.63) is 65.5 Å². The number of carboxylic acids is 1. The standard InChI is InChI=1S/C28H33FN4O5/c1-18-10-12-22(13-11-18)30-28(38)33-15-14-32(27(37)20-8-5-9-21(29)16-20)26(33)25(36)31-23(17-24(34)35)19-6-3-2-4-7-19/h5,8-13,16,19,23,26H,2-4,6-7,14-15,17H2,1H3,(H,30,38)(H,31,36)(H,34,35). The number of carbonyl (C=O) groups excluding carboxylic acids is 3. The Morgan fingerprint density at radius 1 is 1.00 bits per heavy atom. The zero-order valence-corrected chi connectivity index (χ0v) is 21.4. The molecular formula is C28H33FN4O5. The number of anilines is 1. The molecule has 10 heteroatoms. The van der Waals surface area contributed by atoms with Gasteiger partial charge in [-0.3, -0.25) is 19.3 Å². The first-order chi connectivity index (χ1) is 18.2. The van der Waals surface area contributed by atoms with E-state index in [0.29, 0.717) is 5.69 Å². The number of benzene rings is 2. The summed E-state index contributed by atoms with van der Waals surface area (Å²) in [7, 11) is 0. The summed E-state index contributed by atoms with van der Waals surface area (Å²) < 4.78 is 13.9. The van der Waals surface area contributed by atoms with Crippen molar-refractivity contribution in [2.45, 2.75) is 57.7 Å². The van der Waals surface area contributed by atoms with Gasteiger partial charge in [0.1, 0.15) is 5.82 Å². The monoisotopic (exact) mass is 524 g/mol. The van der Waals surface area contributed by atoms with Gasteiger partial charge in [-0.25, -0.2) is 9.18 Å². The molecule has 1 saturated heterocycles. The molecule has 1 heterocycles. The van der Waals surface area contributed by atoms with Crippen LogP contribution < -0.4 is 10.6 Å². The number of hydrogen-bond acceptors (Lipinski definition) is 4. The molecule has 2 aromatic rings. The first-order valence-corrected chi connectivity index (χ1v) is 13.0. The molecule has 0 bridgehead atoms. The van der Waals surface area contributed by atoms with Gasteiger partial charge < -0.3 is 20.6 Å². The predicted molar refractivity (Wildman–Crippen MR) is 139 cm³/mol. The molecule has 9 nitrogen and oxygen atoms in total. The first kappa shape index (κ1) is 27.1. The zero-order chi connectivity index (χ0) is 27.2.